The van der Waals surface area contributed by atoms with Crippen molar-refractivity contribution in [1.82, 2.24) is 9.38 Å². The van der Waals surface area contributed by atoms with Crippen LogP contribution in [0.1, 0.15) is 6.42 Å². The Morgan fingerprint density at radius 3 is 3.12 bits per heavy atom. The fourth-order valence-corrected chi connectivity index (χ4v) is 3.78. The van der Waals surface area contributed by atoms with Gasteiger partial charge in [-0.15, -0.1) is 0 Å². The highest BCUT2D eigenvalue weighted by molar-refractivity contribution is 7.15. The van der Waals surface area contributed by atoms with Crippen molar-refractivity contribution < 1.29 is 9.66 Å². The zero-order chi connectivity index (χ0) is 16.7. The molecule has 0 radical (unpaired) electrons. The average Bonchev–Trinajstić information content (AvgIpc) is 3.20. The minimum atomic E-state index is -0.382. The van der Waals surface area contributed by atoms with E-state index in [0.717, 1.165) is 6.42 Å². The minimum absolute atomic E-state index is 0.00894. The van der Waals surface area contributed by atoms with Gasteiger partial charge in [0.25, 0.3) is 4.96 Å². The number of nitro groups is 1. The molecule has 1 fully saturated rings. The zero-order valence-electron chi connectivity index (χ0n) is 12.5. The van der Waals surface area contributed by atoms with Crippen LogP contribution in [-0.4, -0.2) is 33.5 Å². The summed E-state index contributed by atoms with van der Waals surface area (Å²) >= 11 is 7.34. The predicted molar refractivity (Wildman–Crippen MR) is 92.4 cm³/mol. The maximum absolute atomic E-state index is 11.4. The predicted octanol–water partition coefficient (Wildman–Crippen LogP) is 3.62. The van der Waals surface area contributed by atoms with Crippen LogP contribution < -0.4 is 9.64 Å². The number of fused-ring (bicyclic) bond motifs is 1. The van der Waals surface area contributed by atoms with Gasteiger partial charge >= 0.3 is 5.82 Å². The van der Waals surface area contributed by atoms with Gasteiger partial charge in [0.05, 0.1) is 6.54 Å². The molecule has 0 spiro atoms. The maximum Gasteiger partial charge on any atom is 0.373 e. The quantitative estimate of drug-likeness (QED) is 0.522. The van der Waals surface area contributed by atoms with E-state index in [-0.39, 0.29) is 16.8 Å². The first-order valence-corrected chi connectivity index (χ1v) is 8.64. The molecule has 1 unspecified atom stereocenters. The number of imidazole rings is 1. The van der Waals surface area contributed by atoms with Gasteiger partial charge in [-0.2, -0.15) is 9.38 Å². The topological polar surface area (TPSA) is 72.9 Å². The van der Waals surface area contributed by atoms with Crippen LogP contribution in [0.5, 0.6) is 5.75 Å². The average molecular weight is 365 g/mol. The number of nitrogens with zero attached hydrogens (tertiary/aromatic N) is 4. The van der Waals surface area contributed by atoms with Crippen LogP contribution in [-0.2, 0) is 0 Å². The number of benzene rings is 1. The van der Waals surface area contributed by atoms with Crippen LogP contribution in [0, 0.1) is 10.1 Å². The molecule has 0 saturated carbocycles. The molecule has 0 N–H and O–H groups in total. The standard InChI is InChI=1S/C15H13ClN4O3S/c16-10-2-1-3-11(8-10)23-12-4-5-18(9-12)13-14(20(21)22)19-6-7-24-15(19)17-13/h1-3,6-8,12H,4-5,9H2. The lowest BCUT2D eigenvalue weighted by atomic mass is 10.3. The summed E-state index contributed by atoms with van der Waals surface area (Å²) in [5.74, 6) is 1.12. The van der Waals surface area contributed by atoms with E-state index in [0.29, 0.717) is 34.6 Å². The number of ether oxygens (including phenoxy) is 1. The highest BCUT2D eigenvalue weighted by atomic mass is 35.5. The van der Waals surface area contributed by atoms with Gasteiger partial charge in [-0.3, -0.25) is 0 Å². The Morgan fingerprint density at radius 1 is 1.46 bits per heavy atom. The van der Waals surface area contributed by atoms with Gasteiger partial charge in [0, 0.05) is 23.4 Å². The van der Waals surface area contributed by atoms with E-state index in [2.05, 4.69) is 4.98 Å². The van der Waals surface area contributed by atoms with E-state index in [1.807, 2.05) is 17.0 Å². The van der Waals surface area contributed by atoms with E-state index < -0.39 is 0 Å². The summed E-state index contributed by atoms with van der Waals surface area (Å²) in [6.45, 7) is 1.22. The van der Waals surface area contributed by atoms with E-state index in [9.17, 15) is 10.1 Å². The zero-order valence-corrected chi connectivity index (χ0v) is 14.0. The fourth-order valence-electron chi connectivity index (χ4n) is 2.89. The minimum Gasteiger partial charge on any atom is -0.488 e. The van der Waals surface area contributed by atoms with E-state index in [4.69, 9.17) is 16.3 Å². The Morgan fingerprint density at radius 2 is 2.33 bits per heavy atom. The largest absolute Gasteiger partial charge is 0.488 e. The molecule has 0 bridgehead atoms. The van der Waals surface area contributed by atoms with Crippen LogP contribution >= 0.6 is 22.9 Å². The third-order valence-corrected chi connectivity index (χ3v) is 4.93. The molecule has 3 aromatic rings. The summed E-state index contributed by atoms with van der Waals surface area (Å²) in [5, 5.41) is 13.8. The Bertz CT molecular complexity index is 909. The van der Waals surface area contributed by atoms with Crippen molar-refractivity contribution in [3.05, 3.63) is 51.0 Å². The van der Waals surface area contributed by atoms with Crippen molar-refractivity contribution >= 4 is 39.5 Å². The van der Waals surface area contributed by atoms with Crippen molar-refractivity contribution in [2.75, 3.05) is 18.0 Å². The monoisotopic (exact) mass is 364 g/mol. The van der Waals surface area contributed by atoms with Gasteiger partial charge in [0.2, 0.25) is 5.82 Å². The molecule has 1 aliphatic rings. The number of hydrogen-bond donors (Lipinski definition) is 0. The highest BCUT2D eigenvalue weighted by Gasteiger charge is 2.33. The first kappa shape index (κ1) is 15.2. The normalized spacial score (nSPS) is 17.5. The van der Waals surface area contributed by atoms with Gasteiger partial charge in [0.1, 0.15) is 18.1 Å². The first-order chi connectivity index (χ1) is 11.6. The Kier molecular flexibility index (Phi) is 3.78. The summed E-state index contributed by atoms with van der Waals surface area (Å²) < 4.78 is 7.45. The second-order valence-corrected chi connectivity index (χ2v) is 6.81. The second-order valence-electron chi connectivity index (χ2n) is 5.50. The summed E-state index contributed by atoms with van der Waals surface area (Å²) in [6, 6.07) is 7.23. The molecular weight excluding hydrogens is 352 g/mol. The number of halogens is 1. The third kappa shape index (κ3) is 2.67. The lowest BCUT2D eigenvalue weighted by Gasteiger charge is -2.16. The smallest absolute Gasteiger partial charge is 0.373 e. The molecule has 2 aromatic heterocycles. The third-order valence-electron chi connectivity index (χ3n) is 3.94. The lowest BCUT2D eigenvalue weighted by molar-refractivity contribution is -0.389. The van der Waals surface area contributed by atoms with Crippen molar-refractivity contribution in [2.24, 2.45) is 0 Å². The molecule has 1 atom stereocenters. The van der Waals surface area contributed by atoms with Gasteiger partial charge in [0.15, 0.2) is 0 Å². The van der Waals surface area contributed by atoms with Gasteiger partial charge in [-0.1, -0.05) is 29.0 Å². The lowest BCUT2D eigenvalue weighted by Crippen LogP contribution is -2.25. The van der Waals surface area contributed by atoms with Crippen molar-refractivity contribution in [3.63, 3.8) is 0 Å². The van der Waals surface area contributed by atoms with E-state index in [1.165, 1.54) is 15.7 Å². The SMILES string of the molecule is O=[N+]([O-])c1c(N2CCC(Oc3cccc(Cl)c3)C2)nc2sccn12. The maximum atomic E-state index is 11.4. The number of thiazole rings is 1. The van der Waals surface area contributed by atoms with E-state index in [1.54, 1.807) is 23.7 Å². The Balaban J connectivity index is 1.55. The molecule has 0 amide bonds. The molecule has 24 heavy (non-hydrogen) atoms. The number of anilines is 1. The molecular formula is C15H13ClN4O3S. The first-order valence-electron chi connectivity index (χ1n) is 7.39. The van der Waals surface area contributed by atoms with Crippen molar-refractivity contribution in [1.29, 1.82) is 0 Å². The number of aromatic nitrogens is 2. The number of hydrogen-bond acceptors (Lipinski definition) is 6. The van der Waals surface area contributed by atoms with Gasteiger partial charge in [-0.05, 0) is 23.1 Å². The number of rotatable bonds is 4. The molecule has 124 valence electrons. The molecule has 9 heteroatoms. The Labute approximate surface area is 146 Å². The van der Waals surface area contributed by atoms with Crippen LogP contribution in [0.25, 0.3) is 4.96 Å². The molecule has 7 nitrogen and oxygen atoms in total. The highest BCUT2D eigenvalue weighted by Crippen LogP contribution is 2.33. The fraction of sp³-hybridized carbons (Fsp3) is 0.267. The molecule has 1 aromatic carbocycles. The van der Waals surface area contributed by atoms with Gasteiger partial charge in [-0.25, -0.2) is 0 Å². The van der Waals surface area contributed by atoms with Gasteiger partial charge < -0.3 is 19.8 Å². The summed E-state index contributed by atoms with van der Waals surface area (Å²) in [7, 11) is 0. The van der Waals surface area contributed by atoms with Crippen molar-refractivity contribution in [2.45, 2.75) is 12.5 Å². The van der Waals surface area contributed by atoms with Crippen LogP contribution in [0.3, 0.4) is 0 Å². The summed E-state index contributed by atoms with van der Waals surface area (Å²) in [6.07, 6.45) is 2.39. The van der Waals surface area contributed by atoms with E-state index >= 15 is 0 Å². The molecule has 4 rings (SSSR count). The molecule has 1 aliphatic heterocycles. The molecule has 0 aliphatic carbocycles. The second kappa shape index (κ2) is 5.95. The summed E-state index contributed by atoms with van der Waals surface area (Å²) in [5.41, 5.74) is 0. The summed E-state index contributed by atoms with van der Waals surface area (Å²) in [4.78, 5) is 18.0. The van der Waals surface area contributed by atoms with Crippen molar-refractivity contribution in [3.8, 4) is 5.75 Å². The Hall–Kier alpha value is -2.32. The van der Waals surface area contributed by atoms with Crippen LogP contribution in [0.15, 0.2) is 35.8 Å². The van der Waals surface area contributed by atoms with Crippen LogP contribution in [0.4, 0.5) is 11.6 Å². The van der Waals surface area contributed by atoms with Crippen LogP contribution in [0.2, 0.25) is 5.02 Å². The molecule has 1 saturated heterocycles. The molecule has 3 heterocycles.